The summed E-state index contributed by atoms with van der Waals surface area (Å²) in [5.74, 6) is 4.66. The van der Waals surface area contributed by atoms with E-state index >= 15 is 0 Å². The Balaban J connectivity index is 1.79. The summed E-state index contributed by atoms with van der Waals surface area (Å²) in [6.07, 6.45) is 8.24. The summed E-state index contributed by atoms with van der Waals surface area (Å²) < 4.78 is 2.22. The van der Waals surface area contributed by atoms with Crippen LogP contribution in [-0.2, 0) is 12.0 Å². The molecular weight excluding hydrogens is 250 g/mol. The first-order chi connectivity index (χ1) is 9.61. The van der Waals surface area contributed by atoms with E-state index in [-0.39, 0.29) is 12.0 Å². The first kappa shape index (κ1) is 12.8. The standard InChI is InChI=1S/C16H25N3O/c1-10(2)19-14(9-20)17-18-15(19)16-6-11-3-12(7-16)5-13(4-11)8-16/h10-13,20H,3-9H2,1-2H3. The number of aliphatic hydroxyl groups is 1. The highest BCUT2D eigenvalue weighted by Crippen LogP contribution is 2.60. The van der Waals surface area contributed by atoms with Crippen LogP contribution in [0, 0.1) is 17.8 Å². The van der Waals surface area contributed by atoms with Crippen molar-refractivity contribution in [2.45, 2.75) is 70.4 Å². The molecule has 1 heterocycles. The summed E-state index contributed by atoms with van der Waals surface area (Å²) in [6.45, 7) is 4.34. The smallest absolute Gasteiger partial charge is 0.159 e. The van der Waals surface area contributed by atoms with Crippen molar-refractivity contribution in [3.8, 4) is 0 Å². The Kier molecular flexibility index (Phi) is 2.75. The molecule has 0 saturated heterocycles. The van der Waals surface area contributed by atoms with Crippen molar-refractivity contribution in [1.29, 1.82) is 0 Å². The second-order valence-electron chi connectivity index (χ2n) is 7.76. The average Bonchev–Trinajstić information content (AvgIpc) is 2.81. The van der Waals surface area contributed by atoms with Gasteiger partial charge in [-0.25, -0.2) is 0 Å². The van der Waals surface area contributed by atoms with Crippen LogP contribution in [0.2, 0.25) is 0 Å². The van der Waals surface area contributed by atoms with Gasteiger partial charge in [0.15, 0.2) is 5.82 Å². The van der Waals surface area contributed by atoms with Gasteiger partial charge in [-0.05, 0) is 70.1 Å². The maximum absolute atomic E-state index is 9.54. The normalized spacial score (nSPS) is 38.9. The molecule has 0 spiro atoms. The fourth-order valence-electron chi connectivity index (χ4n) is 5.72. The molecule has 4 aliphatic rings. The average molecular weight is 275 g/mol. The molecule has 4 saturated carbocycles. The highest BCUT2D eigenvalue weighted by molar-refractivity contribution is 5.19. The Bertz CT molecular complexity index is 485. The highest BCUT2D eigenvalue weighted by Gasteiger charge is 2.54. The summed E-state index contributed by atoms with van der Waals surface area (Å²) in [7, 11) is 0. The molecule has 1 aromatic heterocycles. The van der Waals surface area contributed by atoms with Gasteiger partial charge in [-0.15, -0.1) is 10.2 Å². The SMILES string of the molecule is CC(C)n1c(CO)nnc1C12CC3CC(CC(C3)C1)C2. The minimum Gasteiger partial charge on any atom is -0.388 e. The van der Waals surface area contributed by atoms with E-state index in [0.29, 0.717) is 6.04 Å². The van der Waals surface area contributed by atoms with Crippen LogP contribution in [0.5, 0.6) is 0 Å². The van der Waals surface area contributed by atoms with Crippen molar-refractivity contribution in [3.63, 3.8) is 0 Å². The van der Waals surface area contributed by atoms with Crippen molar-refractivity contribution < 1.29 is 5.11 Å². The zero-order valence-electron chi connectivity index (χ0n) is 12.5. The molecule has 0 amide bonds. The first-order valence-corrected chi connectivity index (χ1v) is 8.16. The number of hydrogen-bond donors (Lipinski definition) is 1. The number of hydrogen-bond acceptors (Lipinski definition) is 3. The highest BCUT2D eigenvalue weighted by atomic mass is 16.3. The maximum atomic E-state index is 9.54. The summed E-state index contributed by atoms with van der Waals surface area (Å²) in [5.41, 5.74) is 0.263. The van der Waals surface area contributed by atoms with Gasteiger partial charge in [0.1, 0.15) is 12.4 Å². The van der Waals surface area contributed by atoms with Gasteiger partial charge in [-0.2, -0.15) is 0 Å². The van der Waals surface area contributed by atoms with Gasteiger partial charge in [0.05, 0.1) is 0 Å². The first-order valence-electron chi connectivity index (χ1n) is 8.16. The number of nitrogens with zero attached hydrogens (tertiary/aromatic N) is 3. The van der Waals surface area contributed by atoms with E-state index in [1.807, 2.05) is 0 Å². The predicted octanol–water partition coefficient (Wildman–Crippen LogP) is 2.82. The molecule has 4 fully saturated rings. The molecule has 4 aliphatic carbocycles. The van der Waals surface area contributed by atoms with Crippen LogP contribution in [0.4, 0.5) is 0 Å². The van der Waals surface area contributed by atoms with Crippen LogP contribution in [0.15, 0.2) is 0 Å². The van der Waals surface area contributed by atoms with Crippen molar-refractivity contribution in [1.82, 2.24) is 14.8 Å². The van der Waals surface area contributed by atoms with Crippen LogP contribution in [0.25, 0.3) is 0 Å². The molecular formula is C16H25N3O. The Morgan fingerprint density at radius 2 is 1.65 bits per heavy atom. The topological polar surface area (TPSA) is 50.9 Å². The Hall–Kier alpha value is -0.900. The predicted molar refractivity (Wildman–Crippen MR) is 76.2 cm³/mol. The third kappa shape index (κ3) is 1.70. The van der Waals surface area contributed by atoms with Crippen molar-refractivity contribution in [2.75, 3.05) is 0 Å². The monoisotopic (exact) mass is 275 g/mol. The largest absolute Gasteiger partial charge is 0.388 e. The quantitative estimate of drug-likeness (QED) is 0.923. The van der Waals surface area contributed by atoms with Crippen LogP contribution in [-0.4, -0.2) is 19.9 Å². The van der Waals surface area contributed by atoms with E-state index in [9.17, 15) is 5.11 Å². The summed E-state index contributed by atoms with van der Waals surface area (Å²) in [5, 5.41) is 18.4. The number of aromatic nitrogens is 3. The van der Waals surface area contributed by atoms with E-state index in [1.54, 1.807) is 0 Å². The van der Waals surface area contributed by atoms with Gasteiger partial charge >= 0.3 is 0 Å². The second kappa shape index (κ2) is 4.30. The van der Waals surface area contributed by atoms with Gasteiger partial charge in [-0.3, -0.25) is 0 Å². The maximum Gasteiger partial charge on any atom is 0.159 e. The van der Waals surface area contributed by atoms with Gasteiger partial charge < -0.3 is 9.67 Å². The fourth-order valence-corrected chi connectivity index (χ4v) is 5.72. The molecule has 4 nitrogen and oxygen atoms in total. The molecule has 0 aliphatic heterocycles. The molecule has 1 N–H and O–H groups in total. The molecule has 0 radical (unpaired) electrons. The van der Waals surface area contributed by atoms with Crippen molar-refractivity contribution in [3.05, 3.63) is 11.6 Å². The fraction of sp³-hybridized carbons (Fsp3) is 0.875. The summed E-state index contributed by atoms with van der Waals surface area (Å²) in [4.78, 5) is 0. The van der Waals surface area contributed by atoms with Crippen LogP contribution >= 0.6 is 0 Å². The van der Waals surface area contributed by atoms with Gasteiger partial charge in [-0.1, -0.05) is 0 Å². The molecule has 20 heavy (non-hydrogen) atoms. The Morgan fingerprint density at radius 3 is 2.10 bits per heavy atom. The van der Waals surface area contributed by atoms with E-state index in [4.69, 9.17) is 0 Å². The van der Waals surface area contributed by atoms with Gasteiger partial charge in [0.25, 0.3) is 0 Å². The summed E-state index contributed by atoms with van der Waals surface area (Å²) in [6, 6.07) is 0.329. The molecule has 0 aromatic carbocycles. The van der Waals surface area contributed by atoms with Crippen LogP contribution in [0.3, 0.4) is 0 Å². The lowest BCUT2D eigenvalue weighted by atomic mass is 9.49. The molecule has 110 valence electrons. The second-order valence-corrected chi connectivity index (χ2v) is 7.76. The van der Waals surface area contributed by atoms with Crippen LogP contribution < -0.4 is 0 Å². The van der Waals surface area contributed by atoms with E-state index < -0.39 is 0 Å². The van der Waals surface area contributed by atoms with E-state index in [0.717, 1.165) is 23.6 Å². The summed E-state index contributed by atoms with van der Waals surface area (Å²) >= 11 is 0. The van der Waals surface area contributed by atoms with E-state index in [1.165, 1.54) is 44.3 Å². The molecule has 0 atom stereocenters. The molecule has 0 unspecified atom stereocenters. The Morgan fingerprint density at radius 1 is 1.10 bits per heavy atom. The minimum absolute atomic E-state index is 0.00243. The number of rotatable bonds is 3. The molecule has 1 aromatic rings. The lowest BCUT2D eigenvalue weighted by Crippen LogP contribution is -2.50. The molecule has 4 heteroatoms. The third-order valence-electron chi connectivity index (χ3n) is 5.94. The van der Waals surface area contributed by atoms with Crippen molar-refractivity contribution >= 4 is 0 Å². The van der Waals surface area contributed by atoms with Gasteiger partial charge in [0, 0.05) is 11.5 Å². The molecule has 5 rings (SSSR count). The zero-order chi connectivity index (χ0) is 13.9. The van der Waals surface area contributed by atoms with E-state index in [2.05, 4.69) is 28.6 Å². The third-order valence-corrected chi connectivity index (χ3v) is 5.94. The molecule has 4 bridgehead atoms. The lowest BCUT2D eigenvalue weighted by molar-refractivity contribution is -0.0117. The number of aliphatic hydroxyl groups excluding tert-OH is 1. The van der Waals surface area contributed by atoms with Crippen molar-refractivity contribution in [2.24, 2.45) is 17.8 Å². The zero-order valence-corrected chi connectivity index (χ0v) is 12.5. The lowest BCUT2D eigenvalue weighted by Gasteiger charge is -2.56. The minimum atomic E-state index is -0.00243. The van der Waals surface area contributed by atoms with Gasteiger partial charge in [0.2, 0.25) is 0 Å². The van der Waals surface area contributed by atoms with Crippen LogP contribution in [0.1, 0.15) is 70.1 Å². The Labute approximate surface area is 120 Å².